The van der Waals surface area contributed by atoms with Crippen LogP contribution in [-0.2, 0) is 13.0 Å². The normalized spacial score (nSPS) is 18.2. The first kappa shape index (κ1) is 17.3. The average Bonchev–Trinajstić information content (AvgIpc) is 3.05. The maximum Gasteiger partial charge on any atom is 0.164 e. The van der Waals surface area contributed by atoms with E-state index in [1.807, 2.05) is 6.07 Å². The van der Waals surface area contributed by atoms with Gasteiger partial charge in [-0.3, -0.25) is 9.69 Å². The number of carbonyl (C=O) groups is 1. The molecule has 26 heavy (non-hydrogen) atoms. The first-order valence-corrected chi connectivity index (χ1v) is 9.87. The molecule has 1 aromatic heterocycles. The van der Waals surface area contributed by atoms with Crippen molar-refractivity contribution in [1.29, 1.82) is 0 Å². The van der Waals surface area contributed by atoms with Crippen LogP contribution in [0.15, 0.2) is 30.5 Å². The molecule has 4 heteroatoms. The summed E-state index contributed by atoms with van der Waals surface area (Å²) in [6.45, 7) is 10.8. The second-order valence-corrected chi connectivity index (χ2v) is 7.76. The molecule has 0 radical (unpaired) electrons. The van der Waals surface area contributed by atoms with Gasteiger partial charge in [-0.05, 0) is 44.4 Å². The molecule has 0 spiro atoms. The van der Waals surface area contributed by atoms with E-state index in [0.717, 1.165) is 64.1 Å². The van der Waals surface area contributed by atoms with Crippen LogP contribution in [0.5, 0.6) is 0 Å². The van der Waals surface area contributed by atoms with Crippen molar-refractivity contribution in [3.63, 3.8) is 0 Å². The molecular weight excluding hydrogens is 322 g/mol. The second-order valence-electron chi connectivity index (χ2n) is 7.76. The van der Waals surface area contributed by atoms with Gasteiger partial charge in [-0.15, -0.1) is 0 Å². The fourth-order valence-electron chi connectivity index (χ4n) is 4.42. The highest BCUT2D eigenvalue weighted by molar-refractivity contribution is 5.98. The number of aryl methyl sites for hydroxylation is 2. The number of ketones is 1. The Bertz CT molecular complexity index is 800. The summed E-state index contributed by atoms with van der Waals surface area (Å²) in [7, 11) is 0. The maximum absolute atomic E-state index is 12.0. The SMILES string of the molecule is Cc1ccc(N2CCN(CCn3ccc4c3CCCC4=O)CC2)c(C)c1. The van der Waals surface area contributed by atoms with E-state index >= 15 is 0 Å². The van der Waals surface area contributed by atoms with Gasteiger partial charge in [0.1, 0.15) is 0 Å². The van der Waals surface area contributed by atoms with Gasteiger partial charge in [-0.1, -0.05) is 17.7 Å². The van der Waals surface area contributed by atoms with Crippen LogP contribution >= 0.6 is 0 Å². The molecule has 0 N–H and O–H groups in total. The van der Waals surface area contributed by atoms with Crippen molar-refractivity contribution in [2.75, 3.05) is 37.6 Å². The van der Waals surface area contributed by atoms with E-state index < -0.39 is 0 Å². The summed E-state index contributed by atoms with van der Waals surface area (Å²) < 4.78 is 2.31. The van der Waals surface area contributed by atoms with Crippen molar-refractivity contribution in [1.82, 2.24) is 9.47 Å². The quantitative estimate of drug-likeness (QED) is 0.845. The Balaban J connectivity index is 1.33. The van der Waals surface area contributed by atoms with Crippen LogP contribution in [0.1, 0.15) is 40.0 Å². The summed E-state index contributed by atoms with van der Waals surface area (Å²) in [5.74, 6) is 0.326. The van der Waals surface area contributed by atoms with E-state index in [9.17, 15) is 4.79 Å². The first-order chi connectivity index (χ1) is 12.6. The Hall–Kier alpha value is -2.07. The third-order valence-electron chi connectivity index (χ3n) is 5.92. The Labute approximate surface area is 156 Å². The number of hydrogen-bond donors (Lipinski definition) is 0. The van der Waals surface area contributed by atoms with Gasteiger partial charge >= 0.3 is 0 Å². The minimum absolute atomic E-state index is 0.326. The molecule has 1 aliphatic carbocycles. The lowest BCUT2D eigenvalue weighted by Gasteiger charge is -2.37. The Morgan fingerprint density at radius 1 is 0.962 bits per heavy atom. The number of piperazine rings is 1. The maximum atomic E-state index is 12.0. The minimum atomic E-state index is 0.326. The van der Waals surface area contributed by atoms with Crippen LogP contribution < -0.4 is 4.90 Å². The van der Waals surface area contributed by atoms with E-state index in [4.69, 9.17) is 0 Å². The van der Waals surface area contributed by atoms with Gasteiger partial charge in [-0.2, -0.15) is 0 Å². The zero-order valence-corrected chi connectivity index (χ0v) is 16.0. The third kappa shape index (κ3) is 3.43. The third-order valence-corrected chi connectivity index (χ3v) is 5.92. The summed E-state index contributed by atoms with van der Waals surface area (Å²) in [5, 5.41) is 0. The predicted octanol–water partition coefficient (Wildman–Crippen LogP) is 3.45. The van der Waals surface area contributed by atoms with E-state index in [2.05, 4.69) is 52.6 Å². The van der Waals surface area contributed by atoms with Gasteiger partial charge in [0, 0.05) is 68.8 Å². The van der Waals surface area contributed by atoms with E-state index in [1.54, 1.807) is 0 Å². The number of fused-ring (bicyclic) bond motifs is 1. The first-order valence-electron chi connectivity index (χ1n) is 9.87. The number of rotatable bonds is 4. The zero-order chi connectivity index (χ0) is 18.1. The van der Waals surface area contributed by atoms with Crippen LogP contribution in [0.2, 0.25) is 0 Å². The largest absolute Gasteiger partial charge is 0.369 e. The fraction of sp³-hybridized carbons (Fsp3) is 0.500. The summed E-state index contributed by atoms with van der Waals surface area (Å²) >= 11 is 0. The summed E-state index contributed by atoms with van der Waals surface area (Å²) in [6.07, 6.45) is 4.89. The number of anilines is 1. The molecule has 4 nitrogen and oxygen atoms in total. The summed E-state index contributed by atoms with van der Waals surface area (Å²) in [4.78, 5) is 17.1. The summed E-state index contributed by atoms with van der Waals surface area (Å²) in [5.41, 5.74) is 6.32. The minimum Gasteiger partial charge on any atom is -0.369 e. The molecule has 4 rings (SSSR count). The molecule has 0 unspecified atom stereocenters. The van der Waals surface area contributed by atoms with Crippen LogP contribution in [0.25, 0.3) is 0 Å². The monoisotopic (exact) mass is 351 g/mol. The standard InChI is InChI=1S/C22H29N3O/c1-17-6-7-20(18(2)16-17)25-14-11-23(12-15-25)10-13-24-9-8-19-21(24)4-3-5-22(19)26/h6-9,16H,3-5,10-15H2,1-2H3. The predicted molar refractivity (Wildman–Crippen MR) is 106 cm³/mol. The van der Waals surface area contributed by atoms with Crippen molar-refractivity contribution >= 4 is 11.5 Å². The molecule has 1 aliphatic heterocycles. The molecule has 0 saturated carbocycles. The van der Waals surface area contributed by atoms with Crippen LogP contribution in [0, 0.1) is 13.8 Å². The Morgan fingerprint density at radius 3 is 2.54 bits per heavy atom. The molecule has 2 aromatic rings. The van der Waals surface area contributed by atoms with Crippen molar-refractivity contribution < 1.29 is 4.79 Å². The van der Waals surface area contributed by atoms with Crippen LogP contribution in [0.3, 0.4) is 0 Å². The number of carbonyl (C=O) groups excluding carboxylic acids is 1. The highest BCUT2D eigenvalue weighted by atomic mass is 16.1. The molecular formula is C22H29N3O. The number of Topliss-reactive ketones (excluding diaryl/α,β-unsaturated/α-hetero) is 1. The molecule has 2 heterocycles. The lowest BCUT2D eigenvalue weighted by Crippen LogP contribution is -2.47. The number of aromatic nitrogens is 1. The van der Waals surface area contributed by atoms with Gasteiger partial charge in [0.05, 0.1) is 0 Å². The van der Waals surface area contributed by atoms with E-state index in [0.29, 0.717) is 5.78 Å². The molecule has 1 fully saturated rings. The van der Waals surface area contributed by atoms with Crippen molar-refractivity contribution in [2.24, 2.45) is 0 Å². The molecule has 0 amide bonds. The molecule has 1 aromatic carbocycles. The van der Waals surface area contributed by atoms with Crippen molar-refractivity contribution in [3.05, 3.63) is 52.8 Å². The number of hydrogen-bond acceptors (Lipinski definition) is 3. The smallest absolute Gasteiger partial charge is 0.164 e. The van der Waals surface area contributed by atoms with Gasteiger partial charge in [0.15, 0.2) is 5.78 Å². The Kier molecular flexibility index (Phi) is 4.86. The van der Waals surface area contributed by atoms with Gasteiger partial charge < -0.3 is 9.47 Å². The molecule has 0 bridgehead atoms. The summed E-state index contributed by atoms with van der Waals surface area (Å²) in [6, 6.07) is 8.78. The zero-order valence-electron chi connectivity index (χ0n) is 16.0. The van der Waals surface area contributed by atoms with Gasteiger partial charge in [-0.25, -0.2) is 0 Å². The van der Waals surface area contributed by atoms with Gasteiger partial charge in [0.25, 0.3) is 0 Å². The fourth-order valence-corrected chi connectivity index (χ4v) is 4.42. The molecule has 2 aliphatic rings. The highest BCUT2D eigenvalue weighted by Crippen LogP contribution is 2.24. The van der Waals surface area contributed by atoms with Crippen LogP contribution in [0.4, 0.5) is 5.69 Å². The van der Waals surface area contributed by atoms with E-state index in [-0.39, 0.29) is 0 Å². The average molecular weight is 351 g/mol. The van der Waals surface area contributed by atoms with Crippen molar-refractivity contribution in [2.45, 2.75) is 39.7 Å². The molecule has 1 saturated heterocycles. The molecule has 138 valence electrons. The number of benzene rings is 1. The second kappa shape index (κ2) is 7.28. The van der Waals surface area contributed by atoms with Crippen LogP contribution in [-0.4, -0.2) is 48.0 Å². The van der Waals surface area contributed by atoms with Gasteiger partial charge in [0.2, 0.25) is 0 Å². The topological polar surface area (TPSA) is 28.5 Å². The lowest BCUT2D eigenvalue weighted by atomic mass is 9.97. The Morgan fingerprint density at radius 2 is 1.77 bits per heavy atom. The van der Waals surface area contributed by atoms with Crippen molar-refractivity contribution in [3.8, 4) is 0 Å². The molecule has 0 atom stereocenters. The lowest BCUT2D eigenvalue weighted by molar-refractivity contribution is 0.0971. The highest BCUT2D eigenvalue weighted by Gasteiger charge is 2.22. The van der Waals surface area contributed by atoms with E-state index in [1.165, 1.54) is 22.5 Å². The number of nitrogens with zero attached hydrogens (tertiary/aromatic N) is 3.